The maximum absolute atomic E-state index is 11.3. The largest absolute Gasteiger partial charge is 0.393 e. The predicted molar refractivity (Wildman–Crippen MR) is 110 cm³/mol. The third-order valence-corrected chi connectivity index (χ3v) is 9.58. The monoisotopic (exact) mass is 384 g/mol. The highest BCUT2D eigenvalue weighted by Crippen LogP contribution is 2.67. The van der Waals surface area contributed by atoms with Crippen molar-refractivity contribution < 1.29 is 10.2 Å². The van der Waals surface area contributed by atoms with E-state index in [4.69, 9.17) is 0 Å². The van der Waals surface area contributed by atoms with Crippen LogP contribution in [0.4, 0.5) is 0 Å². The van der Waals surface area contributed by atoms with Gasteiger partial charge in [-0.15, -0.1) is 0 Å². The lowest BCUT2D eigenvalue weighted by atomic mass is 9.45. The first-order chi connectivity index (χ1) is 13.3. The Kier molecular flexibility index (Phi) is 4.34. The van der Waals surface area contributed by atoms with Crippen molar-refractivity contribution in [2.45, 2.75) is 77.4 Å². The molecule has 0 amide bonds. The molecule has 5 rings (SSSR count). The van der Waals surface area contributed by atoms with Crippen LogP contribution in [-0.4, -0.2) is 32.2 Å². The van der Waals surface area contributed by atoms with Gasteiger partial charge >= 0.3 is 0 Å². The molecule has 1 heterocycles. The first-order valence-electron chi connectivity index (χ1n) is 11.4. The maximum atomic E-state index is 11.3. The Morgan fingerprint density at radius 3 is 2.61 bits per heavy atom. The number of aryl methyl sites for hydroxylation is 1. The van der Waals surface area contributed by atoms with Gasteiger partial charge in [-0.05, 0) is 86.0 Å². The van der Waals surface area contributed by atoms with Gasteiger partial charge in [0.1, 0.15) is 0 Å². The molecular weight excluding hydrogens is 348 g/mol. The molecule has 0 unspecified atom stereocenters. The van der Waals surface area contributed by atoms with Gasteiger partial charge in [0.2, 0.25) is 0 Å². The molecule has 4 aliphatic carbocycles. The predicted octanol–water partition coefficient (Wildman–Crippen LogP) is 4.18. The van der Waals surface area contributed by atoms with Crippen LogP contribution in [0.15, 0.2) is 18.0 Å². The van der Waals surface area contributed by atoms with E-state index in [1.54, 1.807) is 0 Å². The summed E-state index contributed by atoms with van der Waals surface area (Å²) < 4.78 is 1.83. The third kappa shape index (κ3) is 2.67. The topological polar surface area (TPSA) is 58.3 Å². The molecule has 4 saturated carbocycles. The Hall–Kier alpha value is -1.13. The van der Waals surface area contributed by atoms with Crippen LogP contribution in [0.3, 0.4) is 0 Å². The lowest BCUT2D eigenvalue weighted by molar-refractivity contribution is -0.133. The molecule has 154 valence electrons. The summed E-state index contributed by atoms with van der Waals surface area (Å²) in [4.78, 5) is 0. The van der Waals surface area contributed by atoms with Crippen molar-refractivity contribution in [3.05, 3.63) is 23.5 Å². The van der Waals surface area contributed by atoms with Crippen LogP contribution in [0, 0.1) is 34.5 Å². The van der Waals surface area contributed by atoms with Crippen LogP contribution in [-0.2, 0) is 7.05 Å². The summed E-state index contributed by atoms with van der Waals surface area (Å²) >= 11 is 0. The van der Waals surface area contributed by atoms with Crippen molar-refractivity contribution in [3.63, 3.8) is 0 Å². The van der Waals surface area contributed by atoms with Crippen molar-refractivity contribution in [2.75, 3.05) is 0 Å². The molecule has 8 atom stereocenters. The lowest BCUT2D eigenvalue weighted by Gasteiger charge is -2.60. The van der Waals surface area contributed by atoms with Gasteiger partial charge in [0.25, 0.3) is 0 Å². The summed E-state index contributed by atoms with van der Waals surface area (Å²) in [6, 6.07) is 0. The highest BCUT2D eigenvalue weighted by atomic mass is 16.3. The van der Waals surface area contributed by atoms with Crippen molar-refractivity contribution in [2.24, 2.45) is 41.5 Å². The molecule has 28 heavy (non-hydrogen) atoms. The summed E-state index contributed by atoms with van der Waals surface area (Å²) in [6.45, 7) is 4.88. The lowest BCUT2D eigenvalue weighted by Crippen LogP contribution is -2.54. The van der Waals surface area contributed by atoms with Crippen LogP contribution < -0.4 is 0 Å². The van der Waals surface area contributed by atoms with Gasteiger partial charge < -0.3 is 10.2 Å². The van der Waals surface area contributed by atoms with Crippen LogP contribution >= 0.6 is 0 Å². The summed E-state index contributed by atoms with van der Waals surface area (Å²) in [5, 5.41) is 25.8. The van der Waals surface area contributed by atoms with Crippen LogP contribution in [0.25, 0.3) is 6.08 Å². The highest BCUT2D eigenvalue weighted by molar-refractivity contribution is 5.54. The molecule has 0 aromatic carbocycles. The Bertz CT molecular complexity index is 785. The molecule has 4 nitrogen and oxygen atoms in total. The van der Waals surface area contributed by atoms with Gasteiger partial charge in [0, 0.05) is 24.2 Å². The second kappa shape index (κ2) is 6.43. The summed E-state index contributed by atoms with van der Waals surface area (Å²) in [6.07, 6.45) is 14.9. The number of aromatic nitrogens is 2. The molecule has 4 heteroatoms. The van der Waals surface area contributed by atoms with Gasteiger partial charge in [-0.1, -0.05) is 19.9 Å². The van der Waals surface area contributed by atoms with Gasteiger partial charge in [-0.3, -0.25) is 4.68 Å². The van der Waals surface area contributed by atoms with E-state index < -0.39 is 0 Å². The number of nitrogens with zero attached hydrogens (tertiary/aromatic N) is 2. The fraction of sp³-hybridized carbons (Fsp3) is 0.792. The Labute approximate surface area is 169 Å². The second-order valence-electron chi connectivity index (χ2n) is 10.9. The minimum absolute atomic E-state index is 0.0204. The normalized spacial score (nSPS) is 49.5. The van der Waals surface area contributed by atoms with Crippen molar-refractivity contribution in [3.8, 4) is 0 Å². The molecule has 0 aliphatic heterocycles. The van der Waals surface area contributed by atoms with Crippen LogP contribution in [0.2, 0.25) is 0 Å². The SMILES string of the molecule is Cn1cc(/C=C2/C[C@@H]3[C@H]4CC[C@H]5C[C@@H](O)CC[C@]5(C)[C@@H]4CC[C@@]3(C)[C@H]2O)cn1. The zero-order valence-corrected chi connectivity index (χ0v) is 17.6. The fourth-order valence-electron chi connectivity index (χ4n) is 7.96. The molecule has 0 radical (unpaired) electrons. The van der Waals surface area contributed by atoms with E-state index in [-0.39, 0.29) is 17.6 Å². The third-order valence-electron chi connectivity index (χ3n) is 9.58. The zero-order valence-electron chi connectivity index (χ0n) is 17.6. The first kappa shape index (κ1) is 18.9. The van der Waals surface area contributed by atoms with E-state index in [9.17, 15) is 10.2 Å². The quantitative estimate of drug-likeness (QED) is 0.764. The summed E-state index contributed by atoms with van der Waals surface area (Å²) in [7, 11) is 1.94. The van der Waals surface area contributed by atoms with Gasteiger partial charge in [-0.2, -0.15) is 5.10 Å². The van der Waals surface area contributed by atoms with E-state index in [1.165, 1.54) is 31.3 Å². The average molecular weight is 385 g/mol. The highest BCUT2D eigenvalue weighted by Gasteiger charge is 2.61. The van der Waals surface area contributed by atoms with Crippen LogP contribution in [0.5, 0.6) is 0 Å². The second-order valence-corrected chi connectivity index (χ2v) is 10.9. The minimum Gasteiger partial charge on any atom is -0.393 e. The number of hydrogen-bond donors (Lipinski definition) is 2. The van der Waals surface area contributed by atoms with Crippen molar-refractivity contribution >= 4 is 6.08 Å². The molecule has 1 aromatic rings. The molecule has 0 saturated heterocycles. The molecule has 0 bridgehead atoms. The summed E-state index contributed by atoms with van der Waals surface area (Å²) in [5.41, 5.74) is 2.73. The Morgan fingerprint density at radius 2 is 1.86 bits per heavy atom. The van der Waals surface area contributed by atoms with Crippen LogP contribution in [0.1, 0.15) is 70.8 Å². The van der Waals surface area contributed by atoms with Gasteiger partial charge in [-0.25, -0.2) is 0 Å². The van der Waals surface area contributed by atoms with E-state index in [2.05, 4.69) is 25.0 Å². The van der Waals surface area contributed by atoms with Crippen molar-refractivity contribution in [1.82, 2.24) is 9.78 Å². The number of fused-ring (bicyclic) bond motifs is 5. The molecule has 2 N–H and O–H groups in total. The number of rotatable bonds is 1. The molecule has 1 aromatic heterocycles. The Balaban J connectivity index is 1.44. The van der Waals surface area contributed by atoms with E-state index in [0.29, 0.717) is 17.3 Å². The molecule has 4 aliphatic rings. The smallest absolute Gasteiger partial charge is 0.0809 e. The molecule has 4 fully saturated rings. The Morgan fingerprint density at radius 1 is 1.07 bits per heavy atom. The average Bonchev–Trinajstić information content (AvgIpc) is 3.18. The fourth-order valence-corrected chi connectivity index (χ4v) is 7.96. The first-order valence-corrected chi connectivity index (χ1v) is 11.4. The van der Waals surface area contributed by atoms with E-state index >= 15 is 0 Å². The van der Waals surface area contributed by atoms with E-state index in [1.807, 2.05) is 24.1 Å². The maximum Gasteiger partial charge on any atom is 0.0809 e. The van der Waals surface area contributed by atoms with E-state index in [0.717, 1.165) is 43.1 Å². The number of aliphatic hydroxyl groups is 2. The van der Waals surface area contributed by atoms with Gasteiger partial charge in [0.05, 0.1) is 18.4 Å². The zero-order chi connectivity index (χ0) is 19.7. The minimum atomic E-state index is -0.322. The number of aliphatic hydroxyl groups excluding tert-OH is 2. The summed E-state index contributed by atoms with van der Waals surface area (Å²) in [5.74, 6) is 2.78. The molecule has 0 spiro atoms. The standard InChI is InChI=1S/C24H36N2O2/c1-23-8-6-18(27)12-17(23)4-5-19-20(23)7-9-24(2)21(19)11-16(22(24)28)10-15-13-25-26(3)14-15/h10,13-14,17-22,27-28H,4-9,11-12H2,1-3H3/b16-10-/t17-,18-,19-,20+,21+,22-,23-,24+/m0/s1. The molecular formula is C24H36N2O2. The van der Waals surface area contributed by atoms with Crippen molar-refractivity contribution in [1.29, 1.82) is 0 Å². The van der Waals surface area contributed by atoms with Gasteiger partial charge in [0.15, 0.2) is 0 Å². The number of hydrogen-bond acceptors (Lipinski definition) is 3.